The van der Waals surface area contributed by atoms with E-state index in [9.17, 15) is 0 Å². The van der Waals surface area contributed by atoms with Gasteiger partial charge in [-0.25, -0.2) is 0 Å². The van der Waals surface area contributed by atoms with E-state index in [-0.39, 0.29) is 6.04 Å². The van der Waals surface area contributed by atoms with Gasteiger partial charge < -0.3 is 5.73 Å². The highest BCUT2D eigenvalue weighted by Crippen LogP contribution is 2.40. The van der Waals surface area contributed by atoms with Gasteiger partial charge in [-0.1, -0.05) is 43.2 Å². The number of hydrogen-bond acceptors (Lipinski definition) is 2. The zero-order valence-corrected chi connectivity index (χ0v) is 10.7. The third-order valence-electron chi connectivity index (χ3n) is 3.25. The van der Waals surface area contributed by atoms with Gasteiger partial charge in [0.05, 0.1) is 0 Å². The fourth-order valence-corrected chi connectivity index (χ4v) is 3.96. The number of rotatable bonds is 4. The third-order valence-corrected chi connectivity index (χ3v) is 5.10. The summed E-state index contributed by atoms with van der Waals surface area (Å²) in [5, 5.41) is 1.29. The predicted octanol–water partition coefficient (Wildman–Crippen LogP) is 3.75. The largest absolute Gasteiger partial charge is 0.327 e. The van der Waals surface area contributed by atoms with Crippen molar-refractivity contribution in [2.45, 2.75) is 49.1 Å². The summed E-state index contributed by atoms with van der Waals surface area (Å²) < 4.78 is 0. The van der Waals surface area contributed by atoms with E-state index in [1.807, 2.05) is 0 Å². The first kappa shape index (κ1) is 12.0. The van der Waals surface area contributed by atoms with Crippen LogP contribution in [0.4, 0.5) is 0 Å². The van der Waals surface area contributed by atoms with Gasteiger partial charge in [0.1, 0.15) is 0 Å². The van der Waals surface area contributed by atoms with E-state index in [1.165, 1.54) is 31.2 Å². The van der Waals surface area contributed by atoms with Gasteiger partial charge in [-0.05, 0) is 25.3 Å². The molecule has 1 saturated carbocycles. The second-order valence-electron chi connectivity index (χ2n) is 4.73. The molecule has 0 amide bonds. The van der Waals surface area contributed by atoms with Crippen LogP contribution in [0, 0.1) is 0 Å². The fourth-order valence-electron chi connectivity index (χ4n) is 2.38. The molecule has 2 unspecified atom stereocenters. The molecule has 2 atom stereocenters. The molecule has 88 valence electrons. The topological polar surface area (TPSA) is 26.0 Å². The van der Waals surface area contributed by atoms with E-state index in [2.05, 4.69) is 49.0 Å². The quantitative estimate of drug-likeness (QED) is 0.860. The smallest absolute Gasteiger partial charge is 0.0448 e. The van der Waals surface area contributed by atoms with Crippen molar-refractivity contribution < 1.29 is 0 Å². The Morgan fingerprint density at radius 2 is 1.81 bits per heavy atom. The van der Waals surface area contributed by atoms with Crippen LogP contribution in [0.5, 0.6) is 0 Å². The number of thioether (sulfide) groups is 1. The second kappa shape index (κ2) is 5.74. The van der Waals surface area contributed by atoms with Gasteiger partial charge in [0, 0.05) is 16.5 Å². The molecule has 1 aliphatic rings. The Morgan fingerprint density at radius 1 is 1.19 bits per heavy atom. The highest BCUT2D eigenvalue weighted by molar-refractivity contribution is 8.00. The summed E-state index contributed by atoms with van der Waals surface area (Å²) >= 11 is 2.09. The van der Waals surface area contributed by atoms with E-state index in [0.717, 1.165) is 5.25 Å². The molecule has 0 aliphatic heterocycles. The molecule has 2 rings (SSSR count). The van der Waals surface area contributed by atoms with Crippen LogP contribution in [-0.4, -0.2) is 11.3 Å². The van der Waals surface area contributed by atoms with E-state index in [1.54, 1.807) is 0 Å². The average Bonchev–Trinajstić information content (AvgIpc) is 2.79. The van der Waals surface area contributed by atoms with Gasteiger partial charge in [-0.3, -0.25) is 0 Å². The SMILES string of the molecule is CC(N)C(SC1CCCC1)c1ccccc1. The molecule has 0 spiro atoms. The maximum Gasteiger partial charge on any atom is 0.0448 e. The van der Waals surface area contributed by atoms with Crippen molar-refractivity contribution in [3.8, 4) is 0 Å². The van der Waals surface area contributed by atoms with Crippen molar-refractivity contribution in [3.05, 3.63) is 35.9 Å². The second-order valence-corrected chi connectivity index (χ2v) is 6.18. The summed E-state index contributed by atoms with van der Waals surface area (Å²) in [7, 11) is 0. The van der Waals surface area contributed by atoms with E-state index < -0.39 is 0 Å². The normalized spacial score (nSPS) is 20.9. The number of benzene rings is 1. The zero-order chi connectivity index (χ0) is 11.4. The molecule has 0 saturated heterocycles. The highest BCUT2D eigenvalue weighted by Gasteiger charge is 2.23. The summed E-state index contributed by atoms with van der Waals surface area (Å²) in [4.78, 5) is 0. The van der Waals surface area contributed by atoms with Crippen molar-refractivity contribution in [1.82, 2.24) is 0 Å². The lowest BCUT2D eigenvalue weighted by Crippen LogP contribution is -2.24. The van der Waals surface area contributed by atoms with Crippen LogP contribution >= 0.6 is 11.8 Å². The zero-order valence-electron chi connectivity index (χ0n) is 9.93. The van der Waals surface area contributed by atoms with Gasteiger partial charge in [0.15, 0.2) is 0 Å². The van der Waals surface area contributed by atoms with E-state index in [4.69, 9.17) is 5.73 Å². The van der Waals surface area contributed by atoms with Gasteiger partial charge in [0.25, 0.3) is 0 Å². The molecular weight excluding hydrogens is 214 g/mol. The third kappa shape index (κ3) is 3.02. The molecular formula is C14H21NS. The summed E-state index contributed by atoms with van der Waals surface area (Å²) in [6, 6.07) is 10.9. The van der Waals surface area contributed by atoms with Gasteiger partial charge in [-0.15, -0.1) is 11.8 Å². The molecule has 0 bridgehead atoms. The fraction of sp³-hybridized carbons (Fsp3) is 0.571. The molecule has 1 aromatic rings. The summed E-state index contributed by atoms with van der Waals surface area (Å²) in [5.74, 6) is 0. The molecule has 2 heteroatoms. The van der Waals surface area contributed by atoms with Crippen LogP contribution in [0.1, 0.15) is 43.4 Å². The summed E-state index contributed by atoms with van der Waals surface area (Å²) in [6.07, 6.45) is 5.55. The minimum atomic E-state index is 0.230. The number of hydrogen-bond donors (Lipinski definition) is 1. The predicted molar refractivity (Wildman–Crippen MR) is 72.7 cm³/mol. The van der Waals surface area contributed by atoms with Crippen LogP contribution < -0.4 is 5.73 Å². The Labute approximate surface area is 103 Å². The number of nitrogens with two attached hydrogens (primary N) is 1. The van der Waals surface area contributed by atoms with Crippen molar-refractivity contribution in [2.24, 2.45) is 5.73 Å². The van der Waals surface area contributed by atoms with Crippen molar-refractivity contribution >= 4 is 11.8 Å². The van der Waals surface area contributed by atoms with Gasteiger partial charge in [0.2, 0.25) is 0 Å². The van der Waals surface area contributed by atoms with Gasteiger partial charge in [-0.2, -0.15) is 0 Å². The molecule has 1 fully saturated rings. The lowest BCUT2D eigenvalue weighted by atomic mass is 10.1. The first-order valence-electron chi connectivity index (χ1n) is 6.23. The molecule has 0 radical (unpaired) electrons. The van der Waals surface area contributed by atoms with Crippen LogP contribution in [-0.2, 0) is 0 Å². The molecule has 0 aromatic heterocycles. The lowest BCUT2D eigenvalue weighted by Gasteiger charge is -2.24. The maximum atomic E-state index is 6.13. The van der Waals surface area contributed by atoms with Crippen molar-refractivity contribution in [2.75, 3.05) is 0 Å². The standard InChI is InChI=1S/C14H21NS/c1-11(15)14(12-7-3-2-4-8-12)16-13-9-5-6-10-13/h2-4,7-8,11,13-14H,5-6,9-10,15H2,1H3. The summed E-state index contributed by atoms with van der Waals surface area (Å²) in [5.41, 5.74) is 7.51. The Hall–Kier alpha value is -0.470. The lowest BCUT2D eigenvalue weighted by molar-refractivity contribution is 0.714. The maximum absolute atomic E-state index is 6.13. The Bertz CT molecular complexity index is 304. The monoisotopic (exact) mass is 235 g/mol. The van der Waals surface area contributed by atoms with Crippen LogP contribution in [0.3, 0.4) is 0 Å². The molecule has 0 heterocycles. The van der Waals surface area contributed by atoms with Crippen LogP contribution in [0.25, 0.3) is 0 Å². The molecule has 16 heavy (non-hydrogen) atoms. The van der Waals surface area contributed by atoms with Crippen LogP contribution in [0.15, 0.2) is 30.3 Å². The average molecular weight is 235 g/mol. The molecule has 1 aliphatic carbocycles. The minimum absolute atomic E-state index is 0.230. The summed E-state index contributed by atoms with van der Waals surface area (Å²) in [6.45, 7) is 2.12. The Kier molecular flexibility index (Phi) is 4.30. The van der Waals surface area contributed by atoms with E-state index in [0.29, 0.717) is 5.25 Å². The molecule has 1 nitrogen and oxygen atoms in total. The first-order valence-corrected chi connectivity index (χ1v) is 7.17. The highest BCUT2D eigenvalue weighted by atomic mass is 32.2. The Balaban J connectivity index is 2.05. The Morgan fingerprint density at radius 3 is 2.38 bits per heavy atom. The molecule has 2 N–H and O–H groups in total. The van der Waals surface area contributed by atoms with Crippen molar-refractivity contribution in [1.29, 1.82) is 0 Å². The van der Waals surface area contributed by atoms with E-state index >= 15 is 0 Å². The van der Waals surface area contributed by atoms with Crippen molar-refractivity contribution in [3.63, 3.8) is 0 Å². The molecule has 1 aromatic carbocycles. The van der Waals surface area contributed by atoms with Gasteiger partial charge >= 0.3 is 0 Å². The minimum Gasteiger partial charge on any atom is -0.327 e. The van der Waals surface area contributed by atoms with Crippen LogP contribution in [0.2, 0.25) is 0 Å². The first-order chi connectivity index (χ1) is 7.77.